The number of hydrogen-bond acceptors (Lipinski definition) is 4. The van der Waals surface area contributed by atoms with Crippen LogP contribution in [0.1, 0.15) is 53.6 Å². The zero-order valence-electron chi connectivity index (χ0n) is 22.5. The molecule has 6 rings (SSSR count). The van der Waals surface area contributed by atoms with E-state index in [-0.39, 0.29) is 5.82 Å². The molecule has 7 nitrogen and oxygen atoms in total. The number of rotatable bonds is 7. The van der Waals surface area contributed by atoms with Gasteiger partial charge < -0.3 is 19.1 Å². The molecule has 3 aromatic carbocycles. The van der Waals surface area contributed by atoms with Crippen LogP contribution in [0.3, 0.4) is 0 Å². The number of benzene rings is 3. The predicted octanol–water partition coefficient (Wildman–Crippen LogP) is 6.91. The zero-order chi connectivity index (χ0) is 27.6. The number of aromatic carboxylic acids is 1. The second kappa shape index (κ2) is 11.1. The lowest BCUT2D eigenvalue weighted by Crippen LogP contribution is -2.12. The fraction of sp³-hybridized carbons (Fsp3) is 0.312. The number of aromatic nitrogens is 3. The summed E-state index contributed by atoms with van der Waals surface area (Å²) in [6, 6.07) is 16.3. The molecule has 206 valence electrons. The summed E-state index contributed by atoms with van der Waals surface area (Å²) in [6.45, 7) is 4.10. The van der Waals surface area contributed by atoms with Crippen molar-refractivity contribution in [3.63, 3.8) is 0 Å². The Morgan fingerprint density at radius 2 is 2.02 bits per heavy atom. The average Bonchev–Trinajstić information content (AvgIpc) is 3.50. The standard InChI is InChI=1S/C32H32FN3O4/c1-2-26-29-25-10-6-9-23-24(11-7-17-40-28-12-5-8-20-18-21(33)13-14-22(20)28)31(32(37)38)36(30(23)25)15-3-4-16-39-19-27(29)35-34-26/h5-6,8-10,12-14,18H,2-4,7,11,15-17,19H2,1H3,(H,34,35)(H,37,38). The first-order chi connectivity index (χ1) is 19.6. The maximum atomic E-state index is 13.7. The van der Waals surface area contributed by atoms with E-state index in [1.807, 2.05) is 34.9 Å². The topological polar surface area (TPSA) is 89.4 Å². The fourth-order valence-corrected chi connectivity index (χ4v) is 5.93. The van der Waals surface area contributed by atoms with Crippen molar-refractivity contribution in [3.8, 4) is 16.9 Å². The number of carboxylic acids is 1. The van der Waals surface area contributed by atoms with Crippen LogP contribution < -0.4 is 4.74 Å². The molecular formula is C32H32FN3O4. The van der Waals surface area contributed by atoms with Crippen molar-refractivity contribution in [2.24, 2.45) is 0 Å². The molecule has 0 amide bonds. The molecular weight excluding hydrogens is 509 g/mol. The van der Waals surface area contributed by atoms with E-state index in [4.69, 9.17) is 9.47 Å². The highest BCUT2D eigenvalue weighted by Crippen LogP contribution is 2.38. The van der Waals surface area contributed by atoms with E-state index in [0.29, 0.717) is 50.7 Å². The molecule has 0 saturated carbocycles. The monoisotopic (exact) mass is 541 g/mol. The van der Waals surface area contributed by atoms with Crippen molar-refractivity contribution in [2.75, 3.05) is 13.2 Å². The Labute approximate surface area is 231 Å². The first kappa shape index (κ1) is 26.1. The second-order valence-corrected chi connectivity index (χ2v) is 10.2. The van der Waals surface area contributed by atoms with Crippen LogP contribution in [-0.2, 0) is 30.7 Å². The molecule has 0 saturated heterocycles. The Kier molecular flexibility index (Phi) is 7.26. The van der Waals surface area contributed by atoms with Crippen molar-refractivity contribution in [1.82, 2.24) is 14.8 Å². The van der Waals surface area contributed by atoms with Crippen molar-refractivity contribution < 1.29 is 23.8 Å². The van der Waals surface area contributed by atoms with E-state index in [1.165, 1.54) is 12.1 Å². The molecule has 3 heterocycles. The van der Waals surface area contributed by atoms with Crippen LogP contribution in [0.2, 0.25) is 0 Å². The highest BCUT2D eigenvalue weighted by atomic mass is 19.1. The number of aryl methyl sites for hydroxylation is 3. The summed E-state index contributed by atoms with van der Waals surface area (Å²) in [5, 5.41) is 20.8. The minimum atomic E-state index is -0.927. The lowest BCUT2D eigenvalue weighted by atomic mass is 9.97. The quantitative estimate of drug-likeness (QED) is 0.219. The van der Waals surface area contributed by atoms with Gasteiger partial charge in [-0.05, 0) is 67.3 Å². The molecule has 0 spiro atoms. The zero-order valence-corrected chi connectivity index (χ0v) is 22.5. The number of aromatic amines is 1. The van der Waals surface area contributed by atoms with Gasteiger partial charge in [-0.3, -0.25) is 5.10 Å². The van der Waals surface area contributed by atoms with Crippen LogP contribution >= 0.6 is 0 Å². The summed E-state index contributed by atoms with van der Waals surface area (Å²) in [6.07, 6.45) is 3.60. The van der Waals surface area contributed by atoms with E-state index in [1.54, 1.807) is 6.07 Å². The molecule has 5 aromatic rings. The van der Waals surface area contributed by atoms with Crippen molar-refractivity contribution >= 4 is 27.6 Å². The number of H-pyrrole nitrogens is 1. The van der Waals surface area contributed by atoms with Gasteiger partial charge in [-0.2, -0.15) is 5.10 Å². The Morgan fingerprint density at radius 3 is 2.88 bits per heavy atom. The third-order valence-electron chi connectivity index (χ3n) is 7.72. The number of para-hydroxylation sites is 1. The van der Waals surface area contributed by atoms with E-state index < -0.39 is 5.97 Å². The van der Waals surface area contributed by atoms with Gasteiger partial charge in [-0.25, -0.2) is 9.18 Å². The molecule has 2 aromatic heterocycles. The molecule has 0 radical (unpaired) electrons. The Balaban J connectivity index is 1.37. The van der Waals surface area contributed by atoms with Crippen LogP contribution in [0, 0.1) is 5.82 Å². The Bertz CT molecular complexity index is 1700. The third-order valence-corrected chi connectivity index (χ3v) is 7.72. The molecule has 1 aliphatic heterocycles. The van der Waals surface area contributed by atoms with E-state index in [0.717, 1.165) is 69.0 Å². The number of fused-ring (bicyclic) bond motifs is 3. The molecule has 0 fully saturated rings. The Hall–Kier alpha value is -4.17. The summed E-state index contributed by atoms with van der Waals surface area (Å²) >= 11 is 0. The molecule has 1 aliphatic rings. The van der Waals surface area contributed by atoms with E-state index in [9.17, 15) is 14.3 Å². The lowest BCUT2D eigenvalue weighted by Gasteiger charge is -2.12. The summed E-state index contributed by atoms with van der Waals surface area (Å²) < 4.78 is 27.7. The van der Waals surface area contributed by atoms with Gasteiger partial charge in [0.15, 0.2) is 0 Å². The number of nitrogens with one attached hydrogen (secondary N) is 1. The van der Waals surface area contributed by atoms with Gasteiger partial charge in [0, 0.05) is 40.7 Å². The summed E-state index contributed by atoms with van der Waals surface area (Å²) in [5.41, 5.74) is 5.95. The maximum absolute atomic E-state index is 13.7. The number of carbonyl (C=O) groups is 1. The summed E-state index contributed by atoms with van der Waals surface area (Å²) in [7, 11) is 0. The molecule has 0 aliphatic carbocycles. The first-order valence-corrected chi connectivity index (χ1v) is 13.9. The lowest BCUT2D eigenvalue weighted by molar-refractivity contribution is 0.0683. The van der Waals surface area contributed by atoms with Crippen molar-refractivity contribution in [2.45, 2.75) is 52.2 Å². The normalized spacial score (nSPS) is 13.8. The van der Waals surface area contributed by atoms with Crippen LogP contribution in [0.4, 0.5) is 4.39 Å². The van der Waals surface area contributed by atoms with Gasteiger partial charge in [0.25, 0.3) is 0 Å². The van der Waals surface area contributed by atoms with Gasteiger partial charge in [0.05, 0.1) is 24.4 Å². The van der Waals surface area contributed by atoms with Crippen LogP contribution in [-0.4, -0.2) is 39.1 Å². The minimum absolute atomic E-state index is 0.284. The molecule has 2 N–H and O–H groups in total. The summed E-state index contributed by atoms with van der Waals surface area (Å²) in [5.74, 6) is -0.519. The van der Waals surface area contributed by atoms with Crippen LogP contribution in [0.15, 0.2) is 54.6 Å². The molecule has 40 heavy (non-hydrogen) atoms. The highest BCUT2D eigenvalue weighted by Gasteiger charge is 2.26. The molecule has 0 unspecified atom stereocenters. The van der Waals surface area contributed by atoms with Crippen molar-refractivity contribution in [3.05, 3.63) is 83.1 Å². The number of ether oxygens (including phenoxy) is 2. The molecule has 0 atom stereocenters. The number of carboxylic acid groups (broad SMARTS) is 1. The average molecular weight is 542 g/mol. The van der Waals surface area contributed by atoms with E-state index in [2.05, 4.69) is 23.2 Å². The summed E-state index contributed by atoms with van der Waals surface area (Å²) in [4.78, 5) is 12.7. The minimum Gasteiger partial charge on any atom is -0.493 e. The second-order valence-electron chi connectivity index (χ2n) is 10.2. The van der Waals surface area contributed by atoms with Gasteiger partial charge in [0.1, 0.15) is 17.3 Å². The smallest absolute Gasteiger partial charge is 0.352 e. The molecule has 0 bridgehead atoms. The predicted molar refractivity (Wildman–Crippen MR) is 152 cm³/mol. The van der Waals surface area contributed by atoms with Crippen LogP contribution in [0.25, 0.3) is 32.8 Å². The number of halogens is 1. The van der Waals surface area contributed by atoms with E-state index >= 15 is 0 Å². The third kappa shape index (κ3) is 4.73. The van der Waals surface area contributed by atoms with Gasteiger partial charge in [-0.1, -0.05) is 37.3 Å². The van der Waals surface area contributed by atoms with Gasteiger partial charge in [-0.15, -0.1) is 0 Å². The highest BCUT2D eigenvalue weighted by molar-refractivity contribution is 6.04. The van der Waals surface area contributed by atoms with Gasteiger partial charge >= 0.3 is 5.97 Å². The van der Waals surface area contributed by atoms with Crippen molar-refractivity contribution in [1.29, 1.82) is 0 Å². The number of hydrogen-bond donors (Lipinski definition) is 2. The van der Waals surface area contributed by atoms with Crippen LogP contribution in [0.5, 0.6) is 5.75 Å². The van der Waals surface area contributed by atoms with Gasteiger partial charge in [0.2, 0.25) is 0 Å². The first-order valence-electron chi connectivity index (χ1n) is 13.9. The largest absolute Gasteiger partial charge is 0.493 e. The number of nitrogens with zero attached hydrogens (tertiary/aromatic N) is 2. The molecule has 8 heteroatoms. The fourth-order valence-electron chi connectivity index (χ4n) is 5.93. The Morgan fingerprint density at radius 1 is 1.15 bits per heavy atom. The SMILES string of the molecule is CCc1[nH]nc2c1-c1cccc3c(CCCOc4cccc5cc(F)ccc45)c(C(=O)O)n(c13)CCCCOC2. The maximum Gasteiger partial charge on any atom is 0.352 e.